The number of phenols is 1. The van der Waals surface area contributed by atoms with Crippen molar-refractivity contribution >= 4 is 17.4 Å². The van der Waals surface area contributed by atoms with Crippen molar-refractivity contribution in [3.8, 4) is 11.5 Å². The van der Waals surface area contributed by atoms with Gasteiger partial charge in [-0.25, -0.2) is 4.39 Å². The van der Waals surface area contributed by atoms with E-state index in [1.807, 2.05) is 0 Å². The summed E-state index contributed by atoms with van der Waals surface area (Å²) in [6.07, 6.45) is -0.0485. The minimum absolute atomic E-state index is 0.0485. The molecule has 88 valence electrons. The molecule has 0 bridgehead atoms. The molecular formula is C10H11ClFNO3. The topological polar surface area (TPSA) is 72.5 Å². The summed E-state index contributed by atoms with van der Waals surface area (Å²) in [7, 11) is 1.22. The number of carbonyl (C=O) groups excluding carboxylic acids is 1. The number of ketones is 1. The molecule has 6 heteroatoms. The Hall–Kier alpha value is -1.33. The van der Waals surface area contributed by atoms with Crippen LogP contribution in [0.5, 0.6) is 11.5 Å². The van der Waals surface area contributed by atoms with E-state index in [1.165, 1.54) is 7.11 Å². The normalized spacial score (nSPS) is 10.2. The van der Waals surface area contributed by atoms with E-state index in [4.69, 9.17) is 22.1 Å². The number of rotatable bonds is 4. The molecule has 0 spiro atoms. The number of ether oxygens (including phenoxy) is 1. The first-order valence-corrected chi connectivity index (χ1v) is 4.89. The maximum absolute atomic E-state index is 13.6. The van der Waals surface area contributed by atoms with Crippen molar-refractivity contribution in [2.75, 3.05) is 13.7 Å². The van der Waals surface area contributed by atoms with Crippen molar-refractivity contribution in [1.29, 1.82) is 0 Å². The van der Waals surface area contributed by atoms with Gasteiger partial charge < -0.3 is 15.6 Å². The summed E-state index contributed by atoms with van der Waals surface area (Å²) < 4.78 is 18.4. The predicted octanol–water partition coefficient (Wildman–Crippen LogP) is 1.72. The van der Waals surface area contributed by atoms with Crippen molar-refractivity contribution < 1.29 is 19.0 Å². The zero-order valence-electron chi connectivity index (χ0n) is 8.59. The smallest absolute Gasteiger partial charge is 0.174 e. The lowest BCUT2D eigenvalue weighted by atomic mass is 10.1. The second kappa shape index (κ2) is 5.14. The van der Waals surface area contributed by atoms with E-state index >= 15 is 0 Å². The fourth-order valence-corrected chi connectivity index (χ4v) is 1.51. The summed E-state index contributed by atoms with van der Waals surface area (Å²) in [5.41, 5.74) is 4.84. The molecule has 16 heavy (non-hydrogen) atoms. The maximum Gasteiger partial charge on any atom is 0.174 e. The molecule has 1 aromatic rings. The van der Waals surface area contributed by atoms with Gasteiger partial charge in [0.2, 0.25) is 0 Å². The highest BCUT2D eigenvalue weighted by Gasteiger charge is 2.23. The Morgan fingerprint density at radius 1 is 1.69 bits per heavy atom. The zero-order valence-corrected chi connectivity index (χ0v) is 9.34. The number of hydrogen-bond acceptors (Lipinski definition) is 4. The van der Waals surface area contributed by atoms with Gasteiger partial charge in [0.15, 0.2) is 23.1 Å². The number of benzene rings is 1. The lowest BCUT2D eigenvalue weighted by molar-refractivity contribution is 0.0977. The van der Waals surface area contributed by atoms with E-state index in [1.54, 1.807) is 0 Å². The third-order valence-electron chi connectivity index (χ3n) is 2.01. The van der Waals surface area contributed by atoms with Gasteiger partial charge in [0.05, 0.1) is 12.1 Å². The molecule has 0 aromatic heterocycles. The standard InChI is InChI=1S/C10H11ClFNO3/c1-16-10-7(15)4-5(11)9(12)8(10)6(14)2-3-13/h4,15H,2-3,13H2,1H3. The van der Waals surface area contributed by atoms with E-state index in [2.05, 4.69) is 0 Å². The average Bonchev–Trinajstić information content (AvgIpc) is 2.23. The molecule has 3 N–H and O–H groups in total. The fraction of sp³-hybridized carbons (Fsp3) is 0.300. The molecule has 0 heterocycles. The Kier molecular flexibility index (Phi) is 4.09. The van der Waals surface area contributed by atoms with Crippen molar-refractivity contribution in [3.63, 3.8) is 0 Å². The van der Waals surface area contributed by atoms with Gasteiger partial charge >= 0.3 is 0 Å². The molecule has 0 aliphatic heterocycles. The van der Waals surface area contributed by atoms with Crippen LogP contribution in [0.2, 0.25) is 5.02 Å². The first kappa shape index (κ1) is 12.7. The highest BCUT2D eigenvalue weighted by Crippen LogP contribution is 2.36. The fourth-order valence-electron chi connectivity index (χ4n) is 1.31. The lowest BCUT2D eigenvalue weighted by Gasteiger charge is -2.11. The molecule has 0 unspecified atom stereocenters. The van der Waals surface area contributed by atoms with E-state index in [0.717, 1.165) is 6.07 Å². The van der Waals surface area contributed by atoms with Crippen LogP contribution in [0.1, 0.15) is 16.8 Å². The summed E-state index contributed by atoms with van der Waals surface area (Å²) in [4.78, 5) is 11.6. The number of nitrogens with two attached hydrogens (primary N) is 1. The number of methoxy groups -OCH3 is 1. The molecule has 0 atom stereocenters. The first-order chi connectivity index (χ1) is 7.52. The van der Waals surface area contributed by atoms with E-state index in [0.29, 0.717) is 0 Å². The van der Waals surface area contributed by atoms with Crippen molar-refractivity contribution in [3.05, 3.63) is 22.5 Å². The van der Waals surface area contributed by atoms with Crippen LogP contribution in [-0.4, -0.2) is 24.5 Å². The second-order valence-electron chi connectivity index (χ2n) is 3.06. The van der Waals surface area contributed by atoms with Crippen LogP contribution < -0.4 is 10.5 Å². The molecular weight excluding hydrogens is 237 g/mol. The van der Waals surface area contributed by atoms with Gasteiger partial charge in [-0.1, -0.05) is 11.6 Å². The summed E-state index contributed by atoms with van der Waals surface area (Å²) in [6, 6.07) is 0.981. The Bertz CT molecular complexity index is 423. The predicted molar refractivity (Wildman–Crippen MR) is 57.6 cm³/mol. The average molecular weight is 248 g/mol. The van der Waals surface area contributed by atoms with Crippen LogP contribution in [0.15, 0.2) is 6.07 Å². The quantitative estimate of drug-likeness (QED) is 0.795. The molecule has 0 aliphatic rings. The van der Waals surface area contributed by atoms with Gasteiger partial charge in [-0.3, -0.25) is 4.79 Å². The Morgan fingerprint density at radius 2 is 2.31 bits per heavy atom. The van der Waals surface area contributed by atoms with Gasteiger partial charge in [-0.05, 0) is 6.54 Å². The van der Waals surface area contributed by atoms with Crippen LogP contribution >= 0.6 is 11.6 Å². The minimum atomic E-state index is -0.908. The zero-order chi connectivity index (χ0) is 12.3. The summed E-state index contributed by atoms with van der Waals surface area (Å²) in [5.74, 6) is -2.07. The maximum atomic E-state index is 13.6. The molecule has 0 aliphatic carbocycles. The van der Waals surface area contributed by atoms with Gasteiger partial charge in [0, 0.05) is 12.5 Å². The first-order valence-electron chi connectivity index (χ1n) is 4.51. The lowest BCUT2D eigenvalue weighted by Crippen LogP contribution is -2.11. The molecule has 0 fully saturated rings. The molecule has 0 saturated carbocycles. The highest BCUT2D eigenvalue weighted by atomic mass is 35.5. The number of aromatic hydroxyl groups is 1. The van der Waals surface area contributed by atoms with E-state index < -0.39 is 11.6 Å². The Balaban J connectivity index is 3.38. The number of carbonyl (C=O) groups is 1. The van der Waals surface area contributed by atoms with Crippen LogP contribution in [0.4, 0.5) is 4.39 Å². The second-order valence-corrected chi connectivity index (χ2v) is 3.47. The number of hydrogen-bond donors (Lipinski definition) is 2. The number of Topliss-reactive ketones (excluding diaryl/α,β-unsaturated/α-hetero) is 1. The van der Waals surface area contributed by atoms with Crippen molar-refractivity contribution in [2.24, 2.45) is 5.73 Å². The van der Waals surface area contributed by atoms with Crippen molar-refractivity contribution in [2.45, 2.75) is 6.42 Å². The van der Waals surface area contributed by atoms with Crippen LogP contribution in [0.25, 0.3) is 0 Å². The van der Waals surface area contributed by atoms with Crippen LogP contribution in [0.3, 0.4) is 0 Å². The molecule has 0 radical (unpaired) electrons. The van der Waals surface area contributed by atoms with E-state index in [9.17, 15) is 14.3 Å². The van der Waals surface area contributed by atoms with Gasteiger partial charge in [-0.15, -0.1) is 0 Å². The molecule has 0 saturated heterocycles. The Morgan fingerprint density at radius 3 is 2.81 bits per heavy atom. The van der Waals surface area contributed by atoms with Gasteiger partial charge in [-0.2, -0.15) is 0 Å². The molecule has 1 aromatic carbocycles. The summed E-state index contributed by atoms with van der Waals surface area (Å²) >= 11 is 5.52. The third-order valence-corrected chi connectivity index (χ3v) is 2.28. The van der Waals surface area contributed by atoms with Gasteiger partial charge in [0.1, 0.15) is 5.56 Å². The molecule has 4 nitrogen and oxygen atoms in total. The SMILES string of the molecule is COc1c(O)cc(Cl)c(F)c1C(=O)CCN. The third kappa shape index (κ3) is 2.25. The Labute approximate surface area is 96.8 Å². The van der Waals surface area contributed by atoms with Crippen molar-refractivity contribution in [1.82, 2.24) is 0 Å². The van der Waals surface area contributed by atoms with Gasteiger partial charge in [0.25, 0.3) is 0 Å². The molecule has 1 rings (SSSR count). The van der Waals surface area contributed by atoms with Crippen LogP contribution in [0, 0.1) is 5.82 Å². The largest absolute Gasteiger partial charge is 0.504 e. The minimum Gasteiger partial charge on any atom is -0.504 e. The molecule has 0 amide bonds. The highest BCUT2D eigenvalue weighted by molar-refractivity contribution is 6.31. The summed E-state index contributed by atoms with van der Waals surface area (Å²) in [6.45, 7) is 0.0781. The number of phenolic OH excluding ortho intramolecular Hbond substituents is 1. The monoisotopic (exact) mass is 247 g/mol. The van der Waals surface area contributed by atoms with E-state index in [-0.39, 0.29) is 35.1 Å². The number of halogens is 2. The van der Waals surface area contributed by atoms with Crippen LogP contribution in [-0.2, 0) is 0 Å². The summed E-state index contributed by atoms with van der Waals surface area (Å²) in [5, 5.41) is 9.12.